The SMILES string of the molecule is CC(C)OCCOCCCC(C)(NC1CC1)C(=O)O. The van der Waals surface area contributed by atoms with E-state index < -0.39 is 11.5 Å². The quantitative estimate of drug-likeness (QED) is 0.562. The zero-order chi connectivity index (χ0) is 14.3. The Labute approximate surface area is 115 Å². The predicted octanol–water partition coefficient (Wildman–Crippen LogP) is 1.80. The number of nitrogens with one attached hydrogen (secondary N) is 1. The van der Waals surface area contributed by atoms with Crippen molar-refractivity contribution in [3.63, 3.8) is 0 Å². The van der Waals surface area contributed by atoms with Gasteiger partial charge in [-0.15, -0.1) is 0 Å². The number of hydrogen-bond acceptors (Lipinski definition) is 4. The first-order valence-corrected chi connectivity index (χ1v) is 7.14. The Bertz CT molecular complexity index is 279. The van der Waals surface area contributed by atoms with Crippen molar-refractivity contribution < 1.29 is 19.4 Å². The molecule has 0 bridgehead atoms. The van der Waals surface area contributed by atoms with Crippen LogP contribution >= 0.6 is 0 Å². The molecule has 0 radical (unpaired) electrons. The third-order valence-electron chi connectivity index (χ3n) is 3.22. The van der Waals surface area contributed by atoms with E-state index in [2.05, 4.69) is 5.32 Å². The maximum absolute atomic E-state index is 11.3. The molecule has 0 aliphatic heterocycles. The third kappa shape index (κ3) is 6.89. The van der Waals surface area contributed by atoms with Crippen molar-refractivity contribution in [3.8, 4) is 0 Å². The molecule has 0 spiro atoms. The van der Waals surface area contributed by atoms with Crippen molar-refractivity contribution in [2.75, 3.05) is 19.8 Å². The molecule has 1 fully saturated rings. The van der Waals surface area contributed by atoms with Crippen LogP contribution in [0.3, 0.4) is 0 Å². The standard InChI is InChI=1S/C14H27NO4/c1-11(2)19-10-9-18-8-4-7-14(3,13(16)17)15-12-5-6-12/h11-12,15H,4-10H2,1-3H3,(H,16,17). The lowest BCUT2D eigenvalue weighted by molar-refractivity contribution is -0.144. The van der Waals surface area contributed by atoms with Gasteiger partial charge in [0.25, 0.3) is 0 Å². The van der Waals surface area contributed by atoms with E-state index in [4.69, 9.17) is 9.47 Å². The Balaban J connectivity index is 2.09. The minimum Gasteiger partial charge on any atom is -0.480 e. The highest BCUT2D eigenvalue weighted by atomic mass is 16.5. The van der Waals surface area contributed by atoms with Crippen LogP contribution in [0.1, 0.15) is 46.5 Å². The van der Waals surface area contributed by atoms with Crippen molar-refractivity contribution >= 4 is 5.97 Å². The number of carboxylic acid groups (broad SMARTS) is 1. The average Bonchev–Trinajstić information content (AvgIpc) is 3.11. The molecule has 0 aromatic carbocycles. The first-order valence-electron chi connectivity index (χ1n) is 7.14. The molecule has 19 heavy (non-hydrogen) atoms. The average molecular weight is 273 g/mol. The van der Waals surface area contributed by atoms with Gasteiger partial charge in [-0.3, -0.25) is 10.1 Å². The van der Waals surface area contributed by atoms with Gasteiger partial charge >= 0.3 is 5.97 Å². The summed E-state index contributed by atoms with van der Waals surface area (Å²) in [6.45, 7) is 7.47. The summed E-state index contributed by atoms with van der Waals surface area (Å²) in [5.74, 6) is -0.775. The molecule has 5 nitrogen and oxygen atoms in total. The van der Waals surface area contributed by atoms with Crippen LogP contribution in [0.2, 0.25) is 0 Å². The summed E-state index contributed by atoms with van der Waals surface area (Å²) < 4.78 is 10.8. The van der Waals surface area contributed by atoms with E-state index in [1.54, 1.807) is 6.92 Å². The zero-order valence-electron chi connectivity index (χ0n) is 12.3. The summed E-state index contributed by atoms with van der Waals surface area (Å²) in [4.78, 5) is 11.3. The molecule has 0 saturated heterocycles. The van der Waals surface area contributed by atoms with Crippen molar-refractivity contribution in [1.29, 1.82) is 0 Å². The van der Waals surface area contributed by atoms with Gasteiger partial charge in [0.2, 0.25) is 0 Å². The number of hydrogen-bond donors (Lipinski definition) is 2. The smallest absolute Gasteiger partial charge is 0.323 e. The van der Waals surface area contributed by atoms with E-state index in [1.165, 1.54) is 0 Å². The number of carbonyl (C=O) groups is 1. The molecule has 0 amide bonds. The fourth-order valence-corrected chi connectivity index (χ4v) is 1.89. The van der Waals surface area contributed by atoms with Gasteiger partial charge in [0.15, 0.2) is 0 Å². The van der Waals surface area contributed by atoms with Crippen LogP contribution in [0.4, 0.5) is 0 Å². The molecule has 5 heteroatoms. The fourth-order valence-electron chi connectivity index (χ4n) is 1.89. The van der Waals surface area contributed by atoms with E-state index >= 15 is 0 Å². The predicted molar refractivity (Wildman–Crippen MR) is 73.3 cm³/mol. The van der Waals surface area contributed by atoms with Crippen molar-refractivity contribution in [2.45, 2.75) is 64.1 Å². The zero-order valence-corrected chi connectivity index (χ0v) is 12.3. The maximum atomic E-state index is 11.3. The monoisotopic (exact) mass is 273 g/mol. The van der Waals surface area contributed by atoms with Crippen LogP contribution in [-0.4, -0.2) is 48.6 Å². The Hall–Kier alpha value is -0.650. The van der Waals surface area contributed by atoms with E-state index in [0.717, 1.165) is 19.3 Å². The minimum absolute atomic E-state index is 0.224. The van der Waals surface area contributed by atoms with Gasteiger partial charge in [0, 0.05) is 12.6 Å². The first kappa shape index (κ1) is 16.4. The molecule has 1 aliphatic rings. The molecule has 1 unspecified atom stereocenters. The van der Waals surface area contributed by atoms with E-state index in [-0.39, 0.29) is 6.10 Å². The lowest BCUT2D eigenvalue weighted by atomic mass is 9.96. The topological polar surface area (TPSA) is 67.8 Å². The van der Waals surface area contributed by atoms with Gasteiger partial charge in [-0.25, -0.2) is 0 Å². The van der Waals surface area contributed by atoms with E-state index in [0.29, 0.717) is 32.3 Å². The van der Waals surface area contributed by atoms with Gasteiger partial charge < -0.3 is 14.6 Å². The second-order valence-corrected chi connectivity index (χ2v) is 5.69. The molecular formula is C14H27NO4. The van der Waals surface area contributed by atoms with Crippen LogP contribution in [-0.2, 0) is 14.3 Å². The second kappa shape index (κ2) is 7.82. The summed E-state index contributed by atoms with van der Waals surface area (Å²) in [6, 6.07) is 0.390. The van der Waals surface area contributed by atoms with Gasteiger partial charge in [0.05, 0.1) is 19.3 Å². The number of ether oxygens (including phenoxy) is 2. The van der Waals surface area contributed by atoms with Crippen LogP contribution in [0.5, 0.6) is 0 Å². The highest BCUT2D eigenvalue weighted by Gasteiger charge is 2.37. The van der Waals surface area contributed by atoms with Crippen LogP contribution in [0, 0.1) is 0 Å². The van der Waals surface area contributed by atoms with Crippen molar-refractivity contribution in [3.05, 3.63) is 0 Å². The molecule has 112 valence electrons. The molecule has 1 atom stereocenters. The number of rotatable bonds is 11. The van der Waals surface area contributed by atoms with Gasteiger partial charge in [-0.05, 0) is 46.5 Å². The lowest BCUT2D eigenvalue weighted by Gasteiger charge is -2.26. The molecule has 0 aromatic rings. The van der Waals surface area contributed by atoms with Gasteiger partial charge in [-0.2, -0.15) is 0 Å². The fraction of sp³-hybridized carbons (Fsp3) is 0.929. The van der Waals surface area contributed by atoms with Crippen molar-refractivity contribution in [1.82, 2.24) is 5.32 Å². The summed E-state index contributed by atoms with van der Waals surface area (Å²) in [6.07, 6.45) is 3.73. The highest BCUT2D eigenvalue weighted by molar-refractivity contribution is 5.78. The third-order valence-corrected chi connectivity index (χ3v) is 3.22. The van der Waals surface area contributed by atoms with Gasteiger partial charge in [-0.1, -0.05) is 0 Å². The Kier molecular flexibility index (Phi) is 6.75. The molecule has 1 saturated carbocycles. The van der Waals surface area contributed by atoms with Gasteiger partial charge in [0.1, 0.15) is 5.54 Å². The molecule has 0 aromatic heterocycles. The largest absolute Gasteiger partial charge is 0.480 e. The van der Waals surface area contributed by atoms with E-state index in [9.17, 15) is 9.90 Å². The molecule has 1 rings (SSSR count). The number of carboxylic acids is 1. The van der Waals surface area contributed by atoms with Crippen LogP contribution < -0.4 is 5.32 Å². The Morgan fingerprint density at radius 1 is 1.37 bits per heavy atom. The maximum Gasteiger partial charge on any atom is 0.323 e. The summed E-state index contributed by atoms with van der Waals surface area (Å²) in [5.41, 5.74) is -0.820. The summed E-state index contributed by atoms with van der Waals surface area (Å²) in [5, 5.41) is 12.5. The second-order valence-electron chi connectivity index (χ2n) is 5.69. The van der Waals surface area contributed by atoms with Crippen molar-refractivity contribution in [2.24, 2.45) is 0 Å². The molecular weight excluding hydrogens is 246 g/mol. The molecule has 1 aliphatic carbocycles. The Morgan fingerprint density at radius 2 is 2.05 bits per heavy atom. The van der Waals surface area contributed by atoms with Crippen LogP contribution in [0.25, 0.3) is 0 Å². The molecule has 0 heterocycles. The first-order chi connectivity index (χ1) is 8.94. The summed E-state index contributed by atoms with van der Waals surface area (Å²) >= 11 is 0. The minimum atomic E-state index is -0.820. The Morgan fingerprint density at radius 3 is 2.58 bits per heavy atom. The summed E-state index contributed by atoms with van der Waals surface area (Å²) in [7, 11) is 0. The normalized spacial score (nSPS) is 18.5. The van der Waals surface area contributed by atoms with Crippen LogP contribution in [0.15, 0.2) is 0 Å². The van der Waals surface area contributed by atoms with E-state index in [1.807, 2.05) is 13.8 Å². The lowest BCUT2D eigenvalue weighted by Crippen LogP contribution is -2.50. The highest BCUT2D eigenvalue weighted by Crippen LogP contribution is 2.25. The number of aliphatic carboxylic acids is 1. The molecule has 2 N–H and O–H groups in total.